The molecule has 2 rings (SSSR count). The Morgan fingerprint density at radius 2 is 2.00 bits per heavy atom. The lowest BCUT2D eigenvalue weighted by Gasteiger charge is -2.43. The van der Waals surface area contributed by atoms with Gasteiger partial charge in [0.15, 0.2) is 0 Å². The molecule has 0 bridgehead atoms. The molecule has 0 spiro atoms. The first-order valence-electron chi connectivity index (χ1n) is 3.98. The van der Waals surface area contributed by atoms with Crippen molar-refractivity contribution in [2.24, 2.45) is 17.1 Å². The monoisotopic (exact) mass is 140 g/mol. The van der Waals surface area contributed by atoms with E-state index in [-0.39, 0.29) is 0 Å². The molecule has 2 unspecified atom stereocenters. The molecular formula is C7H12N2O. The maximum Gasteiger partial charge on any atom is 0.0524 e. The molecule has 10 heavy (non-hydrogen) atoms. The molecule has 1 aliphatic heterocycles. The number of nitroso groups, excluding NO2 is 1. The predicted octanol–water partition coefficient (Wildman–Crippen LogP) is 1.40. The first kappa shape index (κ1) is 6.13. The highest BCUT2D eigenvalue weighted by molar-refractivity contribution is 4.86. The van der Waals surface area contributed by atoms with Crippen molar-refractivity contribution in [1.82, 2.24) is 5.01 Å². The van der Waals surface area contributed by atoms with Crippen molar-refractivity contribution in [2.45, 2.75) is 19.3 Å². The third-order valence-corrected chi connectivity index (χ3v) is 2.89. The smallest absolute Gasteiger partial charge is 0.0524 e. The first-order chi connectivity index (χ1) is 4.90. The zero-order chi connectivity index (χ0) is 6.97. The minimum atomic E-state index is 0.798. The van der Waals surface area contributed by atoms with Crippen molar-refractivity contribution < 1.29 is 0 Å². The predicted molar refractivity (Wildman–Crippen MR) is 38.2 cm³/mol. The van der Waals surface area contributed by atoms with E-state index in [1.165, 1.54) is 19.3 Å². The van der Waals surface area contributed by atoms with Crippen molar-refractivity contribution in [1.29, 1.82) is 0 Å². The zero-order valence-corrected chi connectivity index (χ0v) is 5.99. The highest BCUT2D eigenvalue weighted by atomic mass is 16.3. The van der Waals surface area contributed by atoms with E-state index in [9.17, 15) is 4.91 Å². The van der Waals surface area contributed by atoms with E-state index in [1.807, 2.05) is 0 Å². The molecule has 2 atom stereocenters. The van der Waals surface area contributed by atoms with Crippen LogP contribution in [0.2, 0.25) is 0 Å². The second-order valence-corrected chi connectivity index (χ2v) is 3.38. The summed E-state index contributed by atoms with van der Waals surface area (Å²) < 4.78 is 0. The van der Waals surface area contributed by atoms with Crippen molar-refractivity contribution in [3.05, 3.63) is 4.91 Å². The Hall–Kier alpha value is -0.600. The Labute approximate surface area is 60.3 Å². The number of nitrogens with zero attached hydrogens (tertiary/aromatic N) is 2. The highest BCUT2D eigenvalue weighted by Crippen LogP contribution is 2.40. The lowest BCUT2D eigenvalue weighted by Crippen LogP contribution is -2.42. The largest absolute Gasteiger partial charge is 0.261 e. The van der Waals surface area contributed by atoms with Gasteiger partial charge in [-0.1, -0.05) is 0 Å². The molecule has 1 aliphatic carbocycles. The van der Waals surface area contributed by atoms with E-state index < -0.39 is 0 Å². The molecule has 0 aromatic carbocycles. The van der Waals surface area contributed by atoms with Crippen molar-refractivity contribution >= 4 is 0 Å². The number of rotatable bonds is 1. The topological polar surface area (TPSA) is 32.7 Å². The Morgan fingerprint density at radius 1 is 1.20 bits per heavy atom. The molecule has 0 aromatic heterocycles. The van der Waals surface area contributed by atoms with Crippen LogP contribution in [0.5, 0.6) is 0 Å². The van der Waals surface area contributed by atoms with Crippen molar-refractivity contribution in [2.75, 3.05) is 13.1 Å². The van der Waals surface area contributed by atoms with E-state index in [1.54, 1.807) is 5.01 Å². The average Bonchev–Trinajstić information content (AvgIpc) is 1.92. The van der Waals surface area contributed by atoms with Gasteiger partial charge in [0.25, 0.3) is 0 Å². The fourth-order valence-corrected chi connectivity index (χ4v) is 2.01. The van der Waals surface area contributed by atoms with Crippen LogP contribution >= 0.6 is 0 Å². The third kappa shape index (κ3) is 0.805. The summed E-state index contributed by atoms with van der Waals surface area (Å²) in [7, 11) is 0. The van der Waals surface area contributed by atoms with Gasteiger partial charge >= 0.3 is 0 Å². The van der Waals surface area contributed by atoms with Gasteiger partial charge in [-0.25, -0.2) is 0 Å². The second kappa shape index (κ2) is 2.22. The van der Waals surface area contributed by atoms with Gasteiger partial charge < -0.3 is 0 Å². The zero-order valence-electron chi connectivity index (χ0n) is 5.99. The van der Waals surface area contributed by atoms with Gasteiger partial charge in [0.2, 0.25) is 0 Å². The minimum absolute atomic E-state index is 0.798. The standard InChI is InChI=1S/C7H12N2O/c10-8-9-4-3-6-1-2-7(6)5-9/h6-7H,1-5H2. The van der Waals surface area contributed by atoms with E-state index in [0.717, 1.165) is 24.9 Å². The average molecular weight is 140 g/mol. The second-order valence-electron chi connectivity index (χ2n) is 3.38. The molecule has 0 radical (unpaired) electrons. The van der Waals surface area contributed by atoms with Crippen LogP contribution in [-0.4, -0.2) is 18.1 Å². The van der Waals surface area contributed by atoms with Crippen LogP contribution in [0.15, 0.2) is 5.29 Å². The Kier molecular flexibility index (Phi) is 1.36. The van der Waals surface area contributed by atoms with Gasteiger partial charge in [-0.2, -0.15) is 0 Å². The molecular weight excluding hydrogens is 128 g/mol. The fraction of sp³-hybridized carbons (Fsp3) is 1.00. The number of fused-ring (bicyclic) bond motifs is 1. The van der Waals surface area contributed by atoms with Gasteiger partial charge in [0.05, 0.1) is 5.29 Å². The first-order valence-corrected chi connectivity index (χ1v) is 3.98. The van der Waals surface area contributed by atoms with Crippen molar-refractivity contribution in [3.8, 4) is 0 Å². The van der Waals surface area contributed by atoms with Gasteiger partial charge in [-0.05, 0) is 31.1 Å². The van der Waals surface area contributed by atoms with Crippen LogP contribution in [-0.2, 0) is 0 Å². The summed E-state index contributed by atoms with van der Waals surface area (Å²) in [6, 6.07) is 0. The van der Waals surface area contributed by atoms with Crippen molar-refractivity contribution in [3.63, 3.8) is 0 Å². The summed E-state index contributed by atoms with van der Waals surface area (Å²) in [5.74, 6) is 1.73. The van der Waals surface area contributed by atoms with Gasteiger partial charge in [-0.15, -0.1) is 4.91 Å². The summed E-state index contributed by atoms with van der Waals surface area (Å²) >= 11 is 0. The van der Waals surface area contributed by atoms with Crippen LogP contribution in [0.25, 0.3) is 0 Å². The molecule has 56 valence electrons. The number of hydrogen-bond donors (Lipinski definition) is 0. The van der Waals surface area contributed by atoms with E-state index >= 15 is 0 Å². The van der Waals surface area contributed by atoms with E-state index in [0.29, 0.717) is 0 Å². The van der Waals surface area contributed by atoms with Gasteiger partial charge in [0, 0.05) is 13.1 Å². The summed E-state index contributed by atoms with van der Waals surface area (Å²) in [6.07, 6.45) is 3.89. The van der Waals surface area contributed by atoms with Crippen LogP contribution in [0.3, 0.4) is 0 Å². The Balaban J connectivity index is 1.92. The van der Waals surface area contributed by atoms with Gasteiger partial charge in [0.1, 0.15) is 0 Å². The quantitative estimate of drug-likeness (QED) is 0.516. The molecule has 1 saturated carbocycles. The summed E-state index contributed by atoms with van der Waals surface area (Å²) in [4.78, 5) is 10.1. The van der Waals surface area contributed by atoms with Crippen LogP contribution in [0.4, 0.5) is 0 Å². The lowest BCUT2D eigenvalue weighted by atomic mass is 9.70. The summed E-state index contributed by atoms with van der Waals surface area (Å²) in [5.41, 5.74) is 0. The molecule has 2 fully saturated rings. The summed E-state index contributed by atoms with van der Waals surface area (Å²) in [5, 5.41) is 4.62. The fourth-order valence-electron chi connectivity index (χ4n) is 2.01. The molecule has 0 amide bonds. The lowest BCUT2D eigenvalue weighted by molar-refractivity contribution is 0.0472. The SMILES string of the molecule is O=NN1CCC2CCC2C1. The minimum Gasteiger partial charge on any atom is -0.261 e. The molecule has 3 heteroatoms. The number of piperidine rings is 1. The third-order valence-electron chi connectivity index (χ3n) is 2.89. The highest BCUT2D eigenvalue weighted by Gasteiger charge is 2.35. The molecule has 1 saturated heterocycles. The number of hydrogen-bond acceptors (Lipinski definition) is 2. The van der Waals surface area contributed by atoms with Crippen LogP contribution in [0.1, 0.15) is 19.3 Å². The van der Waals surface area contributed by atoms with E-state index in [2.05, 4.69) is 5.29 Å². The van der Waals surface area contributed by atoms with E-state index in [4.69, 9.17) is 0 Å². The molecule has 3 nitrogen and oxygen atoms in total. The Bertz CT molecular complexity index is 149. The molecule has 0 N–H and O–H groups in total. The summed E-state index contributed by atoms with van der Waals surface area (Å²) in [6.45, 7) is 1.82. The maximum atomic E-state index is 10.1. The molecule has 0 aromatic rings. The van der Waals surface area contributed by atoms with Gasteiger partial charge in [-0.3, -0.25) is 5.01 Å². The normalized spacial score (nSPS) is 38.2. The maximum absolute atomic E-state index is 10.1. The molecule has 1 heterocycles. The molecule has 2 aliphatic rings. The van der Waals surface area contributed by atoms with Crippen LogP contribution in [0, 0.1) is 16.7 Å². The van der Waals surface area contributed by atoms with Crippen LogP contribution < -0.4 is 0 Å². The Morgan fingerprint density at radius 3 is 2.50 bits per heavy atom.